The second-order valence-corrected chi connectivity index (χ2v) is 5.05. The number of ether oxygens (including phenoxy) is 1. The first-order valence-electron chi connectivity index (χ1n) is 6.30. The summed E-state index contributed by atoms with van der Waals surface area (Å²) in [6, 6.07) is 7.72. The molecule has 0 radical (unpaired) electrons. The zero-order valence-corrected chi connectivity index (χ0v) is 10.4. The number of para-hydroxylation sites is 1. The molecule has 94 valence electrons. The molecule has 1 atom stereocenters. The largest absolute Gasteiger partial charge is 0.490 e. The van der Waals surface area contributed by atoms with Gasteiger partial charge in [0, 0.05) is 11.6 Å². The van der Waals surface area contributed by atoms with Crippen LogP contribution in [0.3, 0.4) is 0 Å². The highest BCUT2D eigenvalue weighted by molar-refractivity contribution is 5.35. The second kappa shape index (κ2) is 5.07. The van der Waals surface area contributed by atoms with E-state index >= 15 is 0 Å². The third-order valence-corrected chi connectivity index (χ3v) is 3.44. The Morgan fingerprint density at radius 3 is 2.65 bits per heavy atom. The Labute approximate surface area is 103 Å². The summed E-state index contributed by atoms with van der Waals surface area (Å²) >= 11 is 0. The third-order valence-electron chi connectivity index (χ3n) is 3.44. The topological polar surface area (TPSA) is 55.5 Å². The summed E-state index contributed by atoms with van der Waals surface area (Å²) in [6.45, 7) is 2.31. The van der Waals surface area contributed by atoms with Crippen molar-refractivity contribution in [3.05, 3.63) is 29.8 Å². The molecule has 0 saturated heterocycles. The highest BCUT2D eigenvalue weighted by Crippen LogP contribution is 2.31. The molecule has 1 aromatic carbocycles. The zero-order chi connectivity index (χ0) is 12.3. The first kappa shape index (κ1) is 12.4. The van der Waals surface area contributed by atoms with Crippen LogP contribution in [0.15, 0.2) is 24.3 Å². The highest BCUT2D eigenvalue weighted by Gasteiger charge is 2.32. The minimum atomic E-state index is -0.634. The molecule has 17 heavy (non-hydrogen) atoms. The average Bonchev–Trinajstić information content (AvgIpc) is 2.74. The van der Waals surface area contributed by atoms with Gasteiger partial charge in [-0.25, -0.2) is 0 Å². The zero-order valence-electron chi connectivity index (χ0n) is 10.4. The molecule has 1 aromatic rings. The average molecular weight is 235 g/mol. The van der Waals surface area contributed by atoms with Gasteiger partial charge in [-0.05, 0) is 25.8 Å². The summed E-state index contributed by atoms with van der Waals surface area (Å²) in [6.07, 6.45) is 3.87. The molecule has 0 bridgehead atoms. The second-order valence-electron chi connectivity index (χ2n) is 5.05. The van der Waals surface area contributed by atoms with Gasteiger partial charge in [0.25, 0.3) is 0 Å². The molecule has 0 spiro atoms. The number of rotatable bonds is 4. The molecule has 1 unspecified atom stereocenters. The Morgan fingerprint density at radius 2 is 2.00 bits per heavy atom. The van der Waals surface area contributed by atoms with E-state index in [-0.39, 0.29) is 6.04 Å². The Kier molecular flexibility index (Phi) is 3.69. The van der Waals surface area contributed by atoms with E-state index < -0.39 is 5.60 Å². The summed E-state index contributed by atoms with van der Waals surface area (Å²) in [4.78, 5) is 0. The molecule has 1 aliphatic rings. The lowest BCUT2D eigenvalue weighted by Gasteiger charge is -2.23. The Hall–Kier alpha value is -1.06. The summed E-state index contributed by atoms with van der Waals surface area (Å²) in [7, 11) is 0. The van der Waals surface area contributed by atoms with Crippen molar-refractivity contribution in [2.24, 2.45) is 5.73 Å². The van der Waals surface area contributed by atoms with Crippen LogP contribution < -0.4 is 10.5 Å². The Bertz CT molecular complexity index is 370. The fraction of sp³-hybridized carbons (Fsp3) is 0.571. The predicted molar refractivity (Wildman–Crippen MR) is 68.0 cm³/mol. The van der Waals surface area contributed by atoms with Gasteiger partial charge in [0.2, 0.25) is 0 Å². The molecule has 2 rings (SSSR count). The number of hydrogen-bond donors (Lipinski definition) is 2. The van der Waals surface area contributed by atoms with Crippen LogP contribution in [0.2, 0.25) is 0 Å². The fourth-order valence-electron chi connectivity index (χ4n) is 2.38. The third kappa shape index (κ3) is 2.99. The quantitative estimate of drug-likeness (QED) is 0.842. The molecular weight excluding hydrogens is 214 g/mol. The predicted octanol–water partition coefficient (Wildman–Crippen LogP) is 2.39. The van der Waals surface area contributed by atoms with Crippen LogP contribution in [0.5, 0.6) is 5.75 Å². The van der Waals surface area contributed by atoms with E-state index in [0.717, 1.165) is 37.0 Å². The monoisotopic (exact) mass is 235 g/mol. The maximum absolute atomic E-state index is 10.2. The molecule has 1 saturated carbocycles. The van der Waals surface area contributed by atoms with E-state index in [4.69, 9.17) is 10.5 Å². The van der Waals surface area contributed by atoms with Crippen LogP contribution in [0.1, 0.15) is 44.2 Å². The van der Waals surface area contributed by atoms with Crippen LogP contribution in [0.25, 0.3) is 0 Å². The van der Waals surface area contributed by atoms with Gasteiger partial charge in [0.15, 0.2) is 0 Å². The minimum absolute atomic E-state index is 0.0515. The number of aliphatic hydroxyl groups is 1. The van der Waals surface area contributed by atoms with Crippen molar-refractivity contribution in [1.82, 2.24) is 0 Å². The first-order valence-corrected chi connectivity index (χ1v) is 6.30. The molecule has 0 aliphatic heterocycles. The van der Waals surface area contributed by atoms with Gasteiger partial charge in [-0.1, -0.05) is 31.0 Å². The normalized spacial score (nSPS) is 20.2. The van der Waals surface area contributed by atoms with Crippen molar-refractivity contribution in [3.63, 3.8) is 0 Å². The lowest BCUT2D eigenvalue weighted by Crippen LogP contribution is -2.32. The number of nitrogens with two attached hydrogens (primary N) is 1. The van der Waals surface area contributed by atoms with Gasteiger partial charge in [0.05, 0.1) is 5.60 Å². The van der Waals surface area contributed by atoms with Gasteiger partial charge < -0.3 is 15.6 Å². The maximum Gasteiger partial charge on any atom is 0.124 e. The van der Waals surface area contributed by atoms with Crippen LogP contribution in [0, 0.1) is 0 Å². The van der Waals surface area contributed by atoms with E-state index in [2.05, 4.69) is 0 Å². The SMILES string of the molecule is CC(N)c1ccccc1OCC1(O)CCCC1. The van der Waals surface area contributed by atoms with Crippen molar-refractivity contribution in [2.75, 3.05) is 6.61 Å². The first-order chi connectivity index (χ1) is 8.11. The molecule has 3 heteroatoms. The molecule has 0 heterocycles. The lowest BCUT2D eigenvalue weighted by atomic mass is 10.0. The van der Waals surface area contributed by atoms with Crippen molar-refractivity contribution < 1.29 is 9.84 Å². The summed E-state index contributed by atoms with van der Waals surface area (Å²) in [5, 5.41) is 10.2. The van der Waals surface area contributed by atoms with Gasteiger partial charge in [-0.15, -0.1) is 0 Å². The van der Waals surface area contributed by atoms with Crippen LogP contribution in [0.4, 0.5) is 0 Å². The van der Waals surface area contributed by atoms with Crippen molar-refractivity contribution in [2.45, 2.75) is 44.2 Å². The van der Waals surface area contributed by atoms with Gasteiger partial charge in [-0.3, -0.25) is 0 Å². The molecular formula is C14H21NO2. The minimum Gasteiger partial charge on any atom is -0.490 e. The van der Waals surface area contributed by atoms with Crippen molar-refractivity contribution in [3.8, 4) is 5.75 Å². The van der Waals surface area contributed by atoms with E-state index in [1.165, 1.54) is 0 Å². The van der Waals surface area contributed by atoms with Crippen molar-refractivity contribution in [1.29, 1.82) is 0 Å². The number of hydrogen-bond acceptors (Lipinski definition) is 3. The van der Waals surface area contributed by atoms with Crippen LogP contribution in [-0.4, -0.2) is 17.3 Å². The molecule has 0 amide bonds. The molecule has 1 fully saturated rings. The van der Waals surface area contributed by atoms with Gasteiger partial charge in [0.1, 0.15) is 12.4 Å². The Morgan fingerprint density at radius 1 is 1.35 bits per heavy atom. The highest BCUT2D eigenvalue weighted by atomic mass is 16.5. The van der Waals surface area contributed by atoms with Gasteiger partial charge >= 0.3 is 0 Å². The van der Waals surface area contributed by atoms with E-state index in [1.807, 2.05) is 31.2 Å². The van der Waals surface area contributed by atoms with E-state index in [9.17, 15) is 5.11 Å². The number of benzene rings is 1. The fourth-order valence-corrected chi connectivity index (χ4v) is 2.38. The van der Waals surface area contributed by atoms with E-state index in [1.54, 1.807) is 0 Å². The molecule has 1 aliphatic carbocycles. The Balaban J connectivity index is 2.03. The molecule has 3 nitrogen and oxygen atoms in total. The summed E-state index contributed by atoms with van der Waals surface area (Å²) in [5.74, 6) is 0.794. The van der Waals surface area contributed by atoms with Crippen LogP contribution in [-0.2, 0) is 0 Å². The standard InChI is InChI=1S/C14H21NO2/c1-11(15)12-6-2-3-7-13(12)17-10-14(16)8-4-5-9-14/h2-3,6-7,11,16H,4-5,8-10,15H2,1H3. The van der Waals surface area contributed by atoms with Crippen LogP contribution >= 0.6 is 0 Å². The smallest absolute Gasteiger partial charge is 0.124 e. The van der Waals surface area contributed by atoms with Gasteiger partial charge in [-0.2, -0.15) is 0 Å². The van der Waals surface area contributed by atoms with Crippen molar-refractivity contribution >= 4 is 0 Å². The summed E-state index contributed by atoms with van der Waals surface area (Å²) < 4.78 is 5.76. The summed E-state index contributed by atoms with van der Waals surface area (Å²) in [5.41, 5.74) is 6.25. The molecule has 3 N–H and O–H groups in total. The lowest BCUT2D eigenvalue weighted by molar-refractivity contribution is 0.00106. The molecule has 0 aromatic heterocycles. The van der Waals surface area contributed by atoms with E-state index in [0.29, 0.717) is 6.61 Å². The maximum atomic E-state index is 10.2.